The molecule has 0 unspecified atom stereocenters. The van der Waals surface area contributed by atoms with Gasteiger partial charge in [0.05, 0.1) is 11.4 Å². The Balaban J connectivity index is 1.96. The molecule has 2 N–H and O–H groups in total. The lowest BCUT2D eigenvalue weighted by Gasteiger charge is -2.15. The van der Waals surface area contributed by atoms with Crippen molar-refractivity contribution >= 4 is 27.3 Å². The number of amides is 1. The minimum Gasteiger partial charge on any atom is -0.376 e. The largest absolute Gasteiger partial charge is 0.376 e. The number of benzene rings is 2. The van der Waals surface area contributed by atoms with Crippen LogP contribution in [-0.2, 0) is 14.8 Å². The Morgan fingerprint density at radius 3 is 2.41 bits per heavy atom. The first-order valence-corrected chi connectivity index (χ1v) is 9.96. The monoisotopic (exact) mass is 387 g/mol. The second kappa shape index (κ2) is 8.83. The van der Waals surface area contributed by atoms with Crippen molar-refractivity contribution in [3.05, 3.63) is 66.2 Å². The summed E-state index contributed by atoms with van der Waals surface area (Å²) in [5.74, 6) is -0.177. The van der Waals surface area contributed by atoms with Crippen molar-refractivity contribution in [3.63, 3.8) is 0 Å². The van der Waals surface area contributed by atoms with E-state index in [9.17, 15) is 13.2 Å². The Morgan fingerprint density at radius 2 is 1.81 bits per heavy atom. The second-order valence-electron chi connectivity index (χ2n) is 6.32. The lowest BCUT2D eigenvalue weighted by molar-refractivity contribution is -0.114. The van der Waals surface area contributed by atoms with Gasteiger partial charge in [-0.05, 0) is 49.7 Å². The molecule has 0 radical (unpaired) electrons. The molecule has 0 aliphatic heterocycles. The predicted molar refractivity (Wildman–Crippen MR) is 109 cm³/mol. The number of anilines is 2. The summed E-state index contributed by atoms with van der Waals surface area (Å²) in [6.45, 7) is 7.81. The van der Waals surface area contributed by atoms with Crippen LogP contribution < -0.4 is 10.6 Å². The van der Waals surface area contributed by atoms with Crippen molar-refractivity contribution < 1.29 is 13.2 Å². The molecule has 0 aliphatic rings. The van der Waals surface area contributed by atoms with Gasteiger partial charge in [-0.3, -0.25) is 4.79 Å². The Bertz CT molecular complexity index is 922. The average molecular weight is 388 g/mol. The van der Waals surface area contributed by atoms with E-state index in [1.54, 1.807) is 12.1 Å². The van der Waals surface area contributed by atoms with Gasteiger partial charge in [0.15, 0.2) is 0 Å². The van der Waals surface area contributed by atoms with E-state index in [2.05, 4.69) is 17.2 Å². The summed E-state index contributed by atoms with van der Waals surface area (Å²) in [7, 11) is -2.04. The summed E-state index contributed by atoms with van der Waals surface area (Å²) >= 11 is 0. The van der Waals surface area contributed by atoms with Crippen LogP contribution in [0.1, 0.15) is 11.1 Å². The van der Waals surface area contributed by atoms with Gasteiger partial charge in [0.2, 0.25) is 15.9 Å². The summed E-state index contributed by atoms with van der Waals surface area (Å²) in [6, 6.07) is 12.1. The van der Waals surface area contributed by atoms with Crippen molar-refractivity contribution in [1.82, 2.24) is 4.31 Å². The number of nitrogens with one attached hydrogen (secondary N) is 2. The molecule has 2 aromatic carbocycles. The number of carbonyl (C=O) groups excluding carboxylic acids is 1. The lowest BCUT2D eigenvalue weighted by Crippen LogP contribution is -2.27. The van der Waals surface area contributed by atoms with E-state index in [1.165, 1.54) is 29.6 Å². The molecule has 7 heteroatoms. The molecule has 0 aromatic heterocycles. The SMILES string of the molecule is C=CCN(C)S(=O)(=O)c1ccc(NCC(=O)Nc2ccc(C)cc2C)cc1. The molecule has 0 aliphatic carbocycles. The summed E-state index contributed by atoms with van der Waals surface area (Å²) < 4.78 is 25.9. The van der Waals surface area contributed by atoms with Crippen LogP contribution in [0, 0.1) is 13.8 Å². The van der Waals surface area contributed by atoms with Gasteiger partial charge < -0.3 is 10.6 Å². The van der Waals surface area contributed by atoms with Gasteiger partial charge in [-0.25, -0.2) is 8.42 Å². The first-order chi connectivity index (χ1) is 12.7. The summed E-state index contributed by atoms with van der Waals surface area (Å²) in [5, 5.41) is 5.85. The van der Waals surface area contributed by atoms with Gasteiger partial charge in [0.1, 0.15) is 0 Å². The van der Waals surface area contributed by atoms with Crippen molar-refractivity contribution in [2.45, 2.75) is 18.7 Å². The maximum atomic E-state index is 12.4. The van der Waals surface area contributed by atoms with Crippen molar-refractivity contribution in [2.24, 2.45) is 0 Å². The molecule has 0 saturated heterocycles. The zero-order valence-electron chi connectivity index (χ0n) is 15.8. The van der Waals surface area contributed by atoms with Gasteiger partial charge >= 0.3 is 0 Å². The maximum Gasteiger partial charge on any atom is 0.243 e. The topological polar surface area (TPSA) is 78.5 Å². The number of hydrogen-bond acceptors (Lipinski definition) is 4. The van der Waals surface area contributed by atoms with Crippen LogP contribution in [0.15, 0.2) is 60.0 Å². The molecule has 1 amide bonds. The highest BCUT2D eigenvalue weighted by Gasteiger charge is 2.19. The Hall–Kier alpha value is -2.64. The third-order valence-electron chi connectivity index (χ3n) is 4.06. The predicted octanol–water partition coefficient (Wildman–Crippen LogP) is 3.16. The molecular formula is C20H25N3O3S. The van der Waals surface area contributed by atoms with Gasteiger partial charge in [-0.2, -0.15) is 4.31 Å². The van der Waals surface area contributed by atoms with Gasteiger partial charge in [0.25, 0.3) is 0 Å². The van der Waals surface area contributed by atoms with Gasteiger partial charge in [0, 0.05) is 25.0 Å². The fourth-order valence-corrected chi connectivity index (χ4v) is 3.68. The normalized spacial score (nSPS) is 11.3. The van der Waals surface area contributed by atoms with Crippen LogP contribution in [0.25, 0.3) is 0 Å². The molecule has 2 rings (SSSR count). The molecule has 2 aromatic rings. The number of carbonyl (C=O) groups is 1. The zero-order valence-corrected chi connectivity index (χ0v) is 16.6. The van der Waals surface area contributed by atoms with Crippen LogP contribution in [0.4, 0.5) is 11.4 Å². The van der Waals surface area contributed by atoms with Gasteiger partial charge in [-0.1, -0.05) is 23.8 Å². The van der Waals surface area contributed by atoms with Crippen LogP contribution in [-0.4, -0.2) is 38.8 Å². The summed E-state index contributed by atoms with van der Waals surface area (Å²) in [6.07, 6.45) is 1.53. The number of nitrogens with zero attached hydrogens (tertiary/aromatic N) is 1. The number of rotatable bonds is 8. The molecule has 0 heterocycles. The van der Waals surface area contributed by atoms with E-state index < -0.39 is 10.0 Å². The third kappa shape index (κ3) is 5.42. The fraction of sp³-hybridized carbons (Fsp3) is 0.250. The minimum absolute atomic E-state index is 0.0791. The first-order valence-electron chi connectivity index (χ1n) is 8.52. The second-order valence-corrected chi connectivity index (χ2v) is 8.36. The van der Waals surface area contributed by atoms with E-state index in [-0.39, 0.29) is 23.9 Å². The molecule has 0 fully saturated rings. The quantitative estimate of drug-likeness (QED) is 0.682. The van der Waals surface area contributed by atoms with Crippen LogP contribution in [0.5, 0.6) is 0 Å². The highest BCUT2D eigenvalue weighted by Crippen LogP contribution is 2.18. The molecule has 0 atom stereocenters. The van der Waals surface area contributed by atoms with E-state index in [4.69, 9.17) is 0 Å². The number of aryl methyl sites for hydroxylation is 2. The van der Waals surface area contributed by atoms with E-state index in [0.29, 0.717) is 5.69 Å². The highest BCUT2D eigenvalue weighted by atomic mass is 32.2. The molecule has 144 valence electrons. The van der Waals surface area contributed by atoms with E-state index in [1.807, 2.05) is 32.0 Å². The smallest absolute Gasteiger partial charge is 0.243 e. The standard InChI is InChI=1S/C20H25N3O3S/c1-5-12-23(4)27(25,26)18-9-7-17(8-10-18)21-14-20(24)22-19-11-6-15(2)13-16(19)3/h5-11,13,21H,1,12,14H2,2-4H3,(H,22,24). The lowest BCUT2D eigenvalue weighted by atomic mass is 10.1. The molecule has 0 saturated carbocycles. The number of sulfonamides is 1. The Labute approximate surface area is 161 Å². The van der Waals surface area contributed by atoms with E-state index in [0.717, 1.165) is 16.8 Å². The maximum absolute atomic E-state index is 12.4. The molecular weight excluding hydrogens is 362 g/mol. The van der Waals surface area contributed by atoms with Crippen molar-refractivity contribution in [3.8, 4) is 0 Å². The highest BCUT2D eigenvalue weighted by molar-refractivity contribution is 7.89. The molecule has 0 spiro atoms. The fourth-order valence-electron chi connectivity index (χ4n) is 2.54. The molecule has 6 nitrogen and oxygen atoms in total. The van der Waals surface area contributed by atoms with Crippen LogP contribution in [0.3, 0.4) is 0 Å². The zero-order chi connectivity index (χ0) is 20.0. The first kappa shape index (κ1) is 20.7. The van der Waals surface area contributed by atoms with Crippen molar-refractivity contribution in [1.29, 1.82) is 0 Å². The number of likely N-dealkylation sites (N-methyl/N-ethyl adjacent to an activating group) is 1. The number of hydrogen-bond donors (Lipinski definition) is 2. The van der Waals surface area contributed by atoms with Crippen LogP contribution >= 0.6 is 0 Å². The summed E-state index contributed by atoms with van der Waals surface area (Å²) in [5.41, 5.74) is 3.58. The van der Waals surface area contributed by atoms with Gasteiger partial charge in [-0.15, -0.1) is 6.58 Å². The Kier molecular flexibility index (Phi) is 6.76. The molecule has 27 heavy (non-hydrogen) atoms. The molecule has 0 bridgehead atoms. The Morgan fingerprint density at radius 1 is 1.15 bits per heavy atom. The average Bonchev–Trinajstić information content (AvgIpc) is 2.63. The third-order valence-corrected chi connectivity index (χ3v) is 5.90. The van der Waals surface area contributed by atoms with Crippen molar-refractivity contribution in [2.75, 3.05) is 30.8 Å². The summed E-state index contributed by atoms with van der Waals surface area (Å²) in [4.78, 5) is 12.3. The minimum atomic E-state index is -3.54. The van der Waals surface area contributed by atoms with E-state index >= 15 is 0 Å². The van der Waals surface area contributed by atoms with Crippen LogP contribution in [0.2, 0.25) is 0 Å².